The summed E-state index contributed by atoms with van der Waals surface area (Å²) in [7, 11) is 0. The van der Waals surface area contributed by atoms with Crippen molar-refractivity contribution in [2.45, 2.75) is 57.9 Å². The lowest BCUT2D eigenvalue weighted by atomic mass is 9.83. The zero-order valence-corrected chi connectivity index (χ0v) is 9.50. The minimum Gasteiger partial charge on any atom is -0.382 e. The lowest BCUT2D eigenvalue weighted by Gasteiger charge is -2.27. The topological polar surface area (TPSA) is 35.2 Å². The van der Waals surface area contributed by atoms with E-state index in [0.717, 1.165) is 32.0 Å². The number of nitrogens with two attached hydrogens (primary N) is 1. The molecule has 0 aliphatic heterocycles. The maximum Gasteiger partial charge on any atom is 0.0466 e. The van der Waals surface area contributed by atoms with Crippen LogP contribution in [0.2, 0.25) is 0 Å². The van der Waals surface area contributed by atoms with Gasteiger partial charge in [0.05, 0.1) is 0 Å². The van der Waals surface area contributed by atoms with Gasteiger partial charge in [-0.2, -0.15) is 0 Å². The van der Waals surface area contributed by atoms with Crippen molar-refractivity contribution in [1.82, 2.24) is 0 Å². The fraction of sp³-hybridized carbons (Fsp3) is 1.00. The predicted octanol–water partition coefficient (Wildman–Crippen LogP) is 2.71. The third-order valence-electron chi connectivity index (χ3n) is 3.29. The van der Waals surface area contributed by atoms with E-state index in [1.54, 1.807) is 0 Å². The molecule has 2 nitrogen and oxygen atoms in total. The number of hydrogen-bond acceptors (Lipinski definition) is 2. The van der Waals surface area contributed by atoms with Gasteiger partial charge in [0.1, 0.15) is 0 Å². The zero-order chi connectivity index (χ0) is 10.2. The SMILES string of the molecule is CCOCCCC(N)C1CCCCC1. The van der Waals surface area contributed by atoms with Crippen LogP contribution in [0, 0.1) is 5.92 Å². The van der Waals surface area contributed by atoms with Crippen LogP contribution in [0.3, 0.4) is 0 Å². The highest BCUT2D eigenvalue weighted by atomic mass is 16.5. The molecule has 2 heteroatoms. The predicted molar refractivity (Wildman–Crippen MR) is 60.3 cm³/mol. The van der Waals surface area contributed by atoms with Gasteiger partial charge in [-0.3, -0.25) is 0 Å². The first-order chi connectivity index (χ1) is 6.84. The third kappa shape index (κ3) is 4.43. The Morgan fingerprint density at radius 3 is 2.64 bits per heavy atom. The number of hydrogen-bond donors (Lipinski definition) is 1. The molecular weight excluding hydrogens is 174 g/mol. The van der Waals surface area contributed by atoms with Crippen molar-refractivity contribution in [3.8, 4) is 0 Å². The number of rotatable bonds is 6. The van der Waals surface area contributed by atoms with Crippen LogP contribution in [0.1, 0.15) is 51.9 Å². The van der Waals surface area contributed by atoms with Crippen LogP contribution in [0.5, 0.6) is 0 Å². The summed E-state index contributed by atoms with van der Waals surface area (Å²) in [5, 5.41) is 0. The van der Waals surface area contributed by atoms with Gasteiger partial charge in [0.25, 0.3) is 0 Å². The van der Waals surface area contributed by atoms with Gasteiger partial charge in [-0.15, -0.1) is 0 Å². The molecule has 0 heterocycles. The maximum atomic E-state index is 6.18. The average Bonchev–Trinajstić information content (AvgIpc) is 2.25. The lowest BCUT2D eigenvalue weighted by Crippen LogP contribution is -2.31. The Bertz CT molecular complexity index is 132. The van der Waals surface area contributed by atoms with E-state index in [2.05, 4.69) is 0 Å². The minimum absolute atomic E-state index is 0.427. The van der Waals surface area contributed by atoms with Crippen molar-refractivity contribution in [2.24, 2.45) is 11.7 Å². The molecule has 0 aromatic rings. The molecule has 0 radical (unpaired) electrons. The molecule has 84 valence electrons. The largest absolute Gasteiger partial charge is 0.382 e. The Labute approximate surface area is 88.2 Å². The Morgan fingerprint density at radius 2 is 2.00 bits per heavy atom. The van der Waals surface area contributed by atoms with Gasteiger partial charge >= 0.3 is 0 Å². The first kappa shape index (κ1) is 12.0. The highest BCUT2D eigenvalue weighted by molar-refractivity contribution is 4.76. The van der Waals surface area contributed by atoms with Crippen molar-refractivity contribution in [1.29, 1.82) is 0 Å². The van der Waals surface area contributed by atoms with Gasteiger partial charge in [-0.05, 0) is 38.5 Å². The lowest BCUT2D eigenvalue weighted by molar-refractivity contribution is 0.138. The molecule has 1 saturated carbocycles. The third-order valence-corrected chi connectivity index (χ3v) is 3.29. The maximum absolute atomic E-state index is 6.18. The molecular formula is C12H25NO. The zero-order valence-electron chi connectivity index (χ0n) is 9.50. The van der Waals surface area contributed by atoms with Crippen LogP contribution < -0.4 is 5.73 Å². The van der Waals surface area contributed by atoms with E-state index in [1.807, 2.05) is 6.92 Å². The van der Waals surface area contributed by atoms with Crippen LogP contribution in [-0.4, -0.2) is 19.3 Å². The summed E-state index contributed by atoms with van der Waals surface area (Å²) in [5.74, 6) is 0.797. The molecule has 0 spiro atoms. The van der Waals surface area contributed by atoms with E-state index < -0.39 is 0 Å². The molecule has 1 atom stereocenters. The van der Waals surface area contributed by atoms with Crippen LogP contribution in [0.15, 0.2) is 0 Å². The summed E-state index contributed by atoms with van der Waals surface area (Å²) >= 11 is 0. The van der Waals surface area contributed by atoms with Gasteiger partial charge < -0.3 is 10.5 Å². The highest BCUT2D eigenvalue weighted by Crippen LogP contribution is 2.27. The van der Waals surface area contributed by atoms with E-state index in [4.69, 9.17) is 10.5 Å². The van der Waals surface area contributed by atoms with Crippen LogP contribution in [0.25, 0.3) is 0 Å². The number of ether oxygens (including phenoxy) is 1. The second kappa shape index (κ2) is 7.24. The first-order valence-corrected chi connectivity index (χ1v) is 6.18. The van der Waals surface area contributed by atoms with Gasteiger partial charge in [0, 0.05) is 19.3 Å². The summed E-state index contributed by atoms with van der Waals surface area (Å²) in [6.07, 6.45) is 9.19. The fourth-order valence-electron chi connectivity index (χ4n) is 2.36. The molecule has 1 aliphatic carbocycles. The van der Waals surface area contributed by atoms with Crippen molar-refractivity contribution in [2.75, 3.05) is 13.2 Å². The summed E-state index contributed by atoms with van der Waals surface area (Å²) < 4.78 is 5.32. The van der Waals surface area contributed by atoms with E-state index in [-0.39, 0.29) is 0 Å². The molecule has 1 rings (SSSR count). The highest BCUT2D eigenvalue weighted by Gasteiger charge is 2.19. The molecule has 2 N–H and O–H groups in total. The summed E-state index contributed by atoms with van der Waals surface area (Å²) in [6, 6.07) is 0.427. The van der Waals surface area contributed by atoms with Crippen molar-refractivity contribution >= 4 is 0 Å². The van der Waals surface area contributed by atoms with Gasteiger partial charge in [-0.25, -0.2) is 0 Å². The average molecular weight is 199 g/mol. The van der Waals surface area contributed by atoms with Crippen molar-refractivity contribution in [3.63, 3.8) is 0 Å². The summed E-state index contributed by atoms with van der Waals surface area (Å²) in [6.45, 7) is 3.76. The van der Waals surface area contributed by atoms with E-state index >= 15 is 0 Å². The van der Waals surface area contributed by atoms with E-state index in [1.165, 1.54) is 32.1 Å². The smallest absolute Gasteiger partial charge is 0.0466 e. The quantitative estimate of drug-likeness (QED) is 0.668. The van der Waals surface area contributed by atoms with Gasteiger partial charge in [0.2, 0.25) is 0 Å². The van der Waals surface area contributed by atoms with Crippen molar-refractivity contribution in [3.05, 3.63) is 0 Å². The van der Waals surface area contributed by atoms with Gasteiger partial charge in [-0.1, -0.05) is 19.3 Å². The van der Waals surface area contributed by atoms with Crippen LogP contribution >= 0.6 is 0 Å². The van der Waals surface area contributed by atoms with Gasteiger partial charge in [0.15, 0.2) is 0 Å². The molecule has 0 aromatic heterocycles. The molecule has 0 aromatic carbocycles. The molecule has 0 amide bonds. The molecule has 0 saturated heterocycles. The molecule has 0 bridgehead atoms. The molecule has 1 unspecified atom stereocenters. The first-order valence-electron chi connectivity index (χ1n) is 6.18. The Balaban J connectivity index is 2.04. The summed E-state index contributed by atoms with van der Waals surface area (Å²) in [4.78, 5) is 0. The summed E-state index contributed by atoms with van der Waals surface area (Å²) in [5.41, 5.74) is 6.18. The normalized spacial score (nSPS) is 21.0. The van der Waals surface area contributed by atoms with Crippen molar-refractivity contribution < 1.29 is 4.74 Å². The fourth-order valence-corrected chi connectivity index (χ4v) is 2.36. The molecule has 14 heavy (non-hydrogen) atoms. The minimum atomic E-state index is 0.427. The Kier molecular flexibility index (Phi) is 6.20. The second-order valence-corrected chi connectivity index (χ2v) is 4.40. The molecule has 1 aliphatic rings. The van der Waals surface area contributed by atoms with Crippen LogP contribution in [-0.2, 0) is 4.74 Å². The van der Waals surface area contributed by atoms with Crippen LogP contribution in [0.4, 0.5) is 0 Å². The standard InChI is InChI=1S/C12H25NO/c1-2-14-10-6-9-12(13)11-7-4-3-5-8-11/h11-12H,2-10,13H2,1H3. The monoisotopic (exact) mass is 199 g/mol. The Morgan fingerprint density at radius 1 is 1.29 bits per heavy atom. The van der Waals surface area contributed by atoms with E-state index in [0.29, 0.717) is 6.04 Å². The molecule has 1 fully saturated rings. The van der Waals surface area contributed by atoms with E-state index in [9.17, 15) is 0 Å². The Hall–Kier alpha value is -0.0800. The second-order valence-electron chi connectivity index (χ2n) is 4.40.